The van der Waals surface area contributed by atoms with Gasteiger partial charge in [0.1, 0.15) is 5.82 Å². The van der Waals surface area contributed by atoms with Crippen molar-refractivity contribution in [1.82, 2.24) is 0 Å². The minimum absolute atomic E-state index is 0.0528. The van der Waals surface area contributed by atoms with Crippen molar-refractivity contribution in [3.8, 4) is 0 Å². The number of nitrogens with two attached hydrogens (primary N) is 1. The van der Waals surface area contributed by atoms with Gasteiger partial charge in [-0.15, -0.1) is 0 Å². The fourth-order valence-electron chi connectivity index (χ4n) is 2.29. The van der Waals surface area contributed by atoms with Gasteiger partial charge in [-0.05, 0) is 49.4 Å². The molecule has 0 saturated heterocycles. The summed E-state index contributed by atoms with van der Waals surface area (Å²) in [6.45, 7) is 2.09. The van der Waals surface area contributed by atoms with E-state index in [0.29, 0.717) is 6.42 Å². The van der Waals surface area contributed by atoms with Gasteiger partial charge >= 0.3 is 0 Å². The SMILES string of the molecule is Cc1cccc(CCC(N)Cc2ccc(F)c(Cl)c2)c1. The summed E-state index contributed by atoms with van der Waals surface area (Å²) in [4.78, 5) is 0. The van der Waals surface area contributed by atoms with Gasteiger partial charge in [-0.2, -0.15) is 0 Å². The van der Waals surface area contributed by atoms with Gasteiger partial charge in [-0.3, -0.25) is 0 Å². The summed E-state index contributed by atoms with van der Waals surface area (Å²) in [5.74, 6) is -0.385. The van der Waals surface area contributed by atoms with Gasteiger partial charge in [-0.1, -0.05) is 47.5 Å². The third-order valence-corrected chi connectivity index (χ3v) is 3.66. The Balaban J connectivity index is 1.89. The zero-order valence-electron chi connectivity index (χ0n) is 11.6. The molecule has 0 aliphatic carbocycles. The molecule has 0 aromatic heterocycles. The molecule has 0 fully saturated rings. The van der Waals surface area contributed by atoms with Crippen LogP contribution in [0, 0.1) is 12.7 Å². The summed E-state index contributed by atoms with van der Waals surface area (Å²) in [5.41, 5.74) is 9.69. The third kappa shape index (κ3) is 4.32. The molecule has 0 heterocycles. The Kier molecular flexibility index (Phi) is 5.16. The molecule has 0 aliphatic rings. The Labute approximate surface area is 124 Å². The van der Waals surface area contributed by atoms with Crippen LogP contribution in [0.5, 0.6) is 0 Å². The highest BCUT2D eigenvalue weighted by Gasteiger charge is 2.07. The summed E-state index contributed by atoms with van der Waals surface area (Å²) in [5, 5.41) is 0.161. The molecule has 0 spiro atoms. The molecule has 2 aromatic carbocycles. The predicted octanol–water partition coefficient (Wildman–Crippen LogP) is 4.29. The van der Waals surface area contributed by atoms with Crippen molar-refractivity contribution < 1.29 is 4.39 Å². The third-order valence-electron chi connectivity index (χ3n) is 3.37. The van der Waals surface area contributed by atoms with E-state index in [1.165, 1.54) is 17.2 Å². The highest BCUT2D eigenvalue weighted by molar-refractivity contribution is 6.30. The average molecular weight is 292 g/mol. The molecule has 20 heavy (non-hydrogen) atoms. The quantitative estimate of drug-likeness (QED) is 0.874. The van der Waals surface area contributed by atoms with Crippen molar-refractivity contribution in [2.45, 2.75) is 32.2 Å². The molecule has 1 atom stereocenters. The fraction of sp³-hybridized carbons (Fsp3) is 0.294. The predicted molar refractivity (Wildman–Crippen MR) is 82.6 cm³/mol. The molecule has 0 amide bonds. The zero-order valence-corrected chi connectivity index (χ0v) is 12.3. The van der Waals surface area contributed by atoms with E-state index in [1.807, 2.05) is 0 Å². The Morgan fingerprint density at radius 2 is 1.95 bits per heavy atom. The van der Waals surface area contributed by atoms with Crippen molar-refractivity contribution in [2.24, 2.45) is 5.73 Å². The Morgan fingerprint density at radius 1 is 1.15 bits per heavy atom. The van der Waals surface area contributed by atoms with Crippen LogP contribution in [0.1, 0.15) is 23.1 Å². The van der Waals surface area contributed by atoms with E-state index in [9.17, 15) is 4.39 Å². The topological polar surface area (TPSA) is 26.0 Å². The molecule has 0 radical (unpaired) electrons. The summed E-state index contributed by atoms with van der Waals surface area (Å²) in [7, 11) is 0. The second kappa shape index (κ2) is 6.87. The number of halogens is 2. The van der Waals surface area contributed by atoms with Crippen LogP contribution in [0.25, 0.3) is 0 Å². The lowest BCUT2D eigenvalue weighted by Gasteiger charge is -2.12. The standard InChI is InChI=1S/C17H19ClFN/c1-12-3-2-4-13(9-12)5-7-15(20)10-14-6-8-17(19)16(18)11-14/h2-4,6,8-9,11,15H,5,7,10,20H2,1H3. The Bertz CT molecular complexity index is 583. The van der Waals surface area contributed by atoms with Gasteiger partial charge in [0.2, 0.25) is 0 Å². The molecule has 2 rings (SSSR count). The summed E-state index contributed by atoms with van der Waals surface area (Å²) >= 11 is 5.77. The molecular weight excluding hydrogens is 273 g/mol. The molecular formula is C17H19ClFN. The molecule has 2 aromatic rings. The van der Waals surface area contributed by atoms with Crippen LogP contribution in [0.2, 0.25) is 5.02 Å². The van der Waals surface area contributed by atoms with Gasteiger partial charge in [0, 0.05) is 6.04 Å². The summed E-state index contributed by atoms with van der Waals surface area (Å²) < 4.78 is 13.1. The smallest absolute Gasteiger partial charge is 0.141 e. The zero-order chi connectivity index (χ0) is 14.5. The second-order valence-corrected chi connectivity index (χ2v) is 5.65. The van der Waals surface area contributed by atoms with E-state index >= 15 is 0 Å². The lowest BCUT2D eigenvalue weighted by Crippen LogP contribution is -2.23. The van der Waals surface area contributed by atoms with Crippen LogP contribution >= 0.6 is 11.6 Å². The molecule has 2 N–H and O–H groups in total. The molecule has 3 heteroatoms. The highest BCUT2D eigenvalue weighted by Crippen LogP contribution is 2.17. The van der Waals surface area contributed by atoms with Crippen molar-refractivity contribution in [3.05, 3.63) is 70.0 Å². The fourth-order valence-corrected chi connectivity index (χ4v) is 2.49. The van der Waals surface area contributed by atoms with Crippen LogP contribution in [0.3, 0.4) is 0 Å². The first-order chi connectivity index (χ1) is 9.54. The van der Waals surface area contributed by atoms with Crippen LogP contribution in [-0.4, -0.2) is 6.04 Å². The highest BCUT2D eigenvalue weighted by atomic mass is 35.5. The van der Waals surface area contributed by atoms with E-state index in [2.05, 4.69) is 31.2 Å². The van der Waals surface area contributed by atoms with Gasteiger partial charge < -0.3 is 5.73 Å². The minimum atomic E-state index is -0.385. The first-order valence-corrected chi connectivity index (χ1v) is 7.17. The average Bonchev–Trinajstić information content (AvgIpc) is 2.41. The normalized spacial score (nSPS) is 12.4. The first kappa shape index (κ1) is 15.0. The minimum Gasteiger partial charge on any atom is -0.327 e. The lowest BCUT2D eigenvalue weighted by atomic mass is 9.99. The summed E-state index contributed by atoms with van der Waals surface area (Å²) in [6, 6.07) is 13.3. The Hall–Kier alpha value is -1.38. The van der Waals surface area contributed by atoms with E-state index in [-0.39, 0.29) is 16.9 Å². The van der Waals surface area contributed by atoms with Gasteiger partial charge in [0.15, 0.2) is 0 Å². The largest absolute Gasteiger partial charge is 0.327 e. The summed E-state index contributed by atoms with van der Waals surface area (Å²) in [6.07, 6.45) is 2.57. The van der Waals surface area contributed by atoms with Crippen molar-refractivity contribution in [2.75, 3.05) is 0 Å². The van der Waals surface area contributed by atoms with Crippen LogP contribution in [0.4, 0.5) is 4.39 Å². The molecule has 1 unspecified atom stereocenters. The van der Waals surface area contributed by atoms with E-state index < -0.39 is 0 Å². The van der Waals surface area contributed by atoms with Gasteiger partial charge in [0.05, 0.1) is 5.02 Å². The number of rotatable bonds is 5. The van der Waals surface area contributed by atoms with Crippen molar-refractivity contribution >= 4 is 11.6 Å². The van der Waals surface area contributed by atoms with Crippen LogP contribution in [0.15, 0.2) is 42.5 Å². The molecule has 106 valence electrons. The monoisotopic (exact) mass is 291 g/mol. The molecule has 0 aliphatic heterocycles. The van der Waals surface area contributed by atoms with E-state index in [0.717, 1.165) is 18.4 Å². The van der Waals surface area contributed by atoms with Crippen LogP contribution < -0.4 is 5.73 Å². The maximum atomic E-state index is 13.1. The maximum absolute atomic E-state index is 13.1. The number of hydrogen-bond acceptors (Lipinski definition) is 1. The van der Waals surface area contributed by atoms with E-state index in [1.54, 1.807) is 12.1 Å². The van der Waals surface area contributed by atoms with E-state index in [4.69, 9.17) is 17.3 Å². The van der Waals surface area contributed by atoms with Crippen LogP contribution in [-0.2, 0) is 12.8 Å². The molecule has 1 nitrogen and oxygen atoms in total. The first-order valence-electron chi connectivity index (χ1n) is 6.79. The maximum Gasteiger partial charge on any atom is 0.141 e. The number of hydrogen-bond donors (Lipinski definition) is 1. The number of aryl methyl sites for hydroxylation is 2. The molecule has 0 bridgehead atoms. The second-order valence-electron chi connectivity index (χ2n) is 5.24. The Morgan fingerprint density at radius 3 is 2.65 bits per heavy atom. The molecule has 0 saturated carbocycles. The van der Waals surface area contributed by atoms with Gasteiger partial charge in [-0.25, -0.2) is 4.39 Å². The number of benzene rings is 2. The van der Waals surface area contributed by atoms with Gasteiger partial charge in [0.25, 0.3) is 0 Å². The van der Waals surface area contributed by atoms with Crippen molar-refractivity contribution in [3.63, 3.8) is 0 Å². The van der Waals surface area contributed by atoms with Crippen molar-refractivity contribution in [1.29, 1.82) is 0 Å². The lowest BCUT2D eigenvalue weighted by molar-refractivity contribution is 0.605.